The van der Waals surface area contributed by atoms with Gasteiger partial charge >= 0.3 is 0 Å². The number of hydrogen-bond acceptors (Lipinski definition) is 3. The van der Waals surface area contributed by atoms with Gasteiger partial charge in [0, 0.05) is 11.5 Å². The van der Waals surface area contributed by atoms with Crippen LogP contribution in [0.25, 0.3) is 0 Å². The standard InChI is InChI=1S/C13H18OS2/c1-10(2)9-14-12-5-3-11(4-6-12)13-15-7-8-16-13/h3-6,10,13H,7-9H2,1-2H3. The predicted molar refractivity (Wildman–Crippen MR) is 74.4 cm³/mol. The average Bonchev–Trinajstić information content (AvgIpc) is 2.80. The highest BCUT2D eigenvalue weighted by molar-refractivity contribution is 8.19. The molecule has 1 heterocycles. The predicted octanol–water partition coefficient (Wildman–Crippen LogP) is 4.20. The summed E-state index contributed by atoms with van der Waals surface area (Å²) in [6.07, 6.45) is 0. The lowest BCUT2D eigenvalue weighted by atomic mass is 10.2. The highest BCUT2D eigenvalue weighted by Crippen LogP contribution is 2.45. The normalized spacial score (nSPS) is 16.9. The molecule has 0 spiro atoms. The Morgan fingerprint density at radius 3 is 2.38 bits per heavy atom. The van der Waals surface area contributed by atoms with Crippen molar-refractivity contribution in [1.29, 1.82) is 0 Å². The Hall–Kier alpha value is -0.280. The van der Waals surface area contributed by atoms with Crippen molar-refractivity contribution in [2.24, 2.45) is 5.92 Å². The van der Waals surface area contributed by atoms with Crippen LogP contribution in [-0.2, 0) is 0 Å². The Bertz CT molecular complexity index is 315. The fourth-order valence-electron chi connectivity index (χ4n) is 1.53. The fourth-order valence-corrected chi connectivity index (χ4v) is 4.39. The summed E-state index contributed by atoms with van der Waals surface area (Å²) in [5, 5.41) is 0. The lowest BCUT2D eigenvalue weighted by molar-refractivity contribution is 0.271. The Morgan fingerprint density at radius 2 is 1.81 bits per heavy atom. The van der Waals surface area contributed by atoms with Crippen LogP contribution in [0.3, 0.4) is 0 Å². The lowest BCUT2D eigenvalue weighted by Crippen LogP contribution is -2.04. The van der Waals surface area contributed by atoms with Gasteiger partial charge < -0.3 is 4.74 Å². The van der Waals surface area contributed by atoms with E-state index in [9.17, 15) is 0 Å². The third-order valence-electron chi connectivity index (χ3n) is 2.36. The van der Waals surface area contributed by atoms with Gasteiger partial charge in [-0.1, -0.05) is 26.0 Å². The molecule has 2 rings (SSSR count). The molecule has 1 aromatic rings. The van der Waals surface area contributed by atoms with Gasteiger partial charge in [0.05, 0.1) is 11.2 Å². The second-order valence-electron chi connectivity index (χ2n) is 4.35. The Balaban J connectivity index is 1.93. The summed E-state index contributed by atoms with van der Waals surface area (Å²) in [5.41, 5.74) is 1.42. The van der Waals surface area contributed by atoms with Crippen molar-refractivity contribution in [1.82, 2.24) is 0 Å². The van der Waals surface area contributed by atoms with Gasteiger partial charge in [0.2, 0.25) is 0 Å². The summed E-state index contributed by atoms with van der Waals surface area (Å²) in [5.74, 6) is 4.13. The quantitative estimate of drug-likeness (QED) is 0.797. The Morgan fingerprint density at radius 1 is 1.19 bits per heavy atom. The van der Waals surface area contributed by atoms with Gasteiger partial charge in [0.1, 0.15) is 5.75 Å². The first-order valence-electron chi connectivity index (χ1n) is 5.71. The van der Waals surface area contributed by atoms with Crippen molar-refractivity contribution in [3.63, 3.8) is 0 Å². The van der Waals surface area contributed by atoms with Crippen molar-refractivity contribution >= 4 is 23.5 Å². The second kappa shape index (κ2) is 5.87. The molecule has 0 aromatic heterocycles. The van der Waals surface area contributed by atoms with Gasteiger partial charge in [-0.25, -0.2) is 0 Å². The molecule has 1 aliphatic heterocycles. The molecule has 0 aliphatic carbocycles. The smallest absolute Gasteiger partial charge is 0.119 e. The van der Waals surface area contributed by atoms with E-state index in [4.69, 9.17) is 4.74 Å². The van der Waals surface area contributed by atoms with Gasteiger partial charge in [0.15, 0.2) is 0 Å². The molecule has 0 N–H and O–H groups in total. The molecule has 3 heteroatoms. The molecule has 1 saturated heterocycles. The Kier molecular flexibility index (Phi) is 4.47. The minimum absolute atomic E-state index is 0.584. The SMILES string of the molecule is CC(C)COc1ccc(C2SCCS2)cc1. The molecule has 16 heavy (non-hydrogen) atoms. The summed E-state index contributed by atoms with van der Waals surface area (Å²) in [6.45, 7) is 5.13. The number of benzene rings is 1. The zero-order valence-electron chi connectivity index (χ0n) is 9.81. The van der Waals surface area contributed by atoms with E-state index >= 15 is 0 Å². The molecule has 88 valence electrons. The maximum absolute atomic E-state index is 5.67. The second-order valence-corrected chi connectivity index (χ2v) is 7.07. The van der Waals surface area contributed by atoms with E-state index in [0.717, 1.165) is 12.4 Å². The van der Waals surface area contributed by atoms with Crippen LogP contribution in [0.2, 0.25) is 0 Å². The summed E-state index contributed by atoms with van der Waals surface area (Å²) in [4.78, 5) is 0. The van der Waals surface area contributed by atoms with E-state index in [1.807, 2.05) is 23.5 Å². The van der Waals surface area contributed by atoms with Crippen molar-refractivity contribution in [3.05, 3.63) is 29.8 Å². The minimum atomic E-state index is 0.584. The molecule has 1 nitrogen and oxygen atoms in total. The van der Waals surface area contributed by atoms with E-state index in [0.29, 0.717) is 10.5 Å². The summed E-state index contributed by atoms with van der Waals surface area (Å²) in [6, 6.07) is 8.59. The summed E-state index contributed by atoms with van der Waals surface area (Å²) >= 11 is 4.08. The first-order valence-corrected chi connectivity index (χ1v) is 7.81. The van der Waals surface area contributed by atoms with Crippen LogP contribution in [0.1, 0.15) is 24.0 Å². The molecule has 0 radical (unpaired) electrons. The average molecular weight is 254 g/mol. The van der Waals surface area contributed by atoms with Gasteiger partial charge in [0.25, 0.3) is 0 Å². The van der Waals surface area contributed by atoms with E-state index < -0.39 is 0 Å². The molecule has 0 atom stereocenters. The molecule has 0 unspecified atom stereocenters. The largest absolute Gasteiger partial charge is 0.493 e. The van der Waals surface area contributed by atoms with Crippen LogP contribution in [0.5, 0.6) is 5.75 Å². The van der Waals surface area contributed by atoms with E-state index in [2.05, 4.69) is 38.1 Å². The van der Waals surface area contributed by atoms with Crippen molar-refractivity contribution in [2.45, 2.75) is 18.4 Å². The fraction of sp³-hybridized carbons (Fsp3) is 0.538. The Labute approximate surface area is 106 Å². The van der Waals surface area contributed by atoms with E-state index in [-0.39, 0.29) is 0 Å². The topological polar surface area (TPSA) is 9.23 Å². The first-order chi connectivity index (χ1) is 7.75. The zero-order valence-corrected chi connectivity index (χ0v) is 11.4. The number of rotatable bonds is 4. The van der Waals surface area contributed by atoms with Gasteiger partial charge in [-0.15, -0.1) is 23.5 Å². The molecule has 1 aromatic carbocycles. The molecule has 0 saturated carbocycles. The van der Waals surface area contributed by atoms with Gasteiger partial charge in [-0.05, 0) is 23.6 Å². The van der Waals surface area contributed by atoms with Crippen LogP contribution >= 0.6 is 23.5 Å². The molecule has 0 bridgehead atoms. The van der Waals surface area contributed by atoms with Crippen molar-refractivity contribution in [2.75, 3.05) is 18.1 Å². The molecular weight excluding hydrogens is 236 g/mol. The maximum Gasteiger partial charge on any atom is 0.119 e. The minimum Gasteiger partial charge on any atom is -0.493 e. The van der Waals surface area contributed by atoms with Crippen LogP contribution in [0.4, 0.5) is 0 Å². The lowest BCUT2D eigenvalue weighted by Gasteiger charge is -2.11. The number of hydrogen-bond donors (Lipinski definition) is 0. The number of ether oxygens (including phenoxy) is 1. The number of thioether (sulfide) groups is 2. The van der Waals surface area contributed by atoms with Crippen molar-refractivity contribution in [3.8, 4) is 5.75 Å². The molecular formula is C13H18OS2. The third kappa shape index (κ3) is 3.36. The summed E-state index contributed by atoms with van der Waals surface area (Å²) in [7, 11) is 0. The molecule has 1 fully saturated rings. The van der Waals surface area contributed by atoms with Crippen LogP contribution < -0.4 is 4.74 Å². The highest BCUT2D eigenvalue weighted by atomic mass is 32.2. The highest BCUT2D eigenvalue weighted by Gasteiger charge is 2.17. The van der Waals surface area contributed by atoms with Crippen LogP contribution in [-0.4, -0.2) is 18.1 Å². The van der Waals surface area contributed by atoms with Crippen LogP contribution in [0.15, 0.2) is 24.3 Å². The zero-order chi connectivity index (χ0) is 11.4. The van der Waals surface area contributed by atoms with Gasteiger partial charge in [-0.2, -0.15) is 0 Å². The van der Waals surface area contributed by atoms with Gasteiger partial charge in [-0.3, -0.25) is 0 Å². The molecule has 1 aliphatic rings. The first kappa shape index (κ1) is 12.2. The van der Waals surface area contributed by atoms with E-state index in [1.54, 1.807) is 0 Å². The maximum atomic E-state index is 5.67. The monoisotopic (exact) mass is 254 g/mol. The molecule has 0 amide bonds. The summed E-state index contributed by atoms with van der Waals surface area (Å²) < 4.78 is 6.31. The van der Waals surface area contributed by atoms with E-state index in [1.165, 1.54) is 17.1 Å². The third-order valence-corrected chi connectivity index (χ3v) is 5.46. The van der Waals surface area contributed by atoms with Crippen molar-refractivity contribution < 1.29 is 4.74 Å². The van der Waals surface area contributed by atoms with Crippen LogP contribution in [0, 0.1) is 5.92 Å².